The number of nitrogens with one attached hydrogen (secondary N) is 1. The lowest BCUT2D eigenvalue weighted by Crippen LogP contribution is -2.17. The van der Waals surface area contributed by atoms with Gasteiger partial charge in [-0.1, -0.05) is 12.1 Å². The van der Waals surface area contributed by atoms with Crippen LogP contribution < -0.4 is 5.32 Å². The van der Waals surface area contributed by atoms with Crippen molar-refractivity contribution < 1.29 is 18.3 Å². The van der Waals surface area contributed by atoms with Gasteiger partial charge in [-0.3, -0.25) is 0 Å². The molecule has 2 aromatic carbocycles. The minimum Gasteiger partial charge on any atom is -0.394 e. The lowest BCUT2D eigenvalue weighted by Gasteiger charge is -2.18. The third-order valence-corrected chi connectivity index (χ3v) is 2.72. The minimum atomic E-state index is -1.00. The first-order valence-corrected chi connectivity index (χ1v) is 5.68. The Morgan fingerprint density at radius 1 is 1.00 bits per heavy atom. The topological polar surface area (TPSA) is 32.3 Å². The van der Waals surface area contributed by atoms with E-state index in [2.05, 4.69) is 5.32 Å². The zero-order valence-electron chi connectivity index (χ0n) is 9.91. The molecule has 0 bridgehead atoms. The lowest BCUT2D eigenvalue weighted by molar-refractivity contribution is 0.273. The maximum atomic E-state index is 13.6. The highest BCUT2D eigenvalue weighted by molar-refractivity contribution is 5.45. The highest BCUT2D eigenvalue weighted by Crippen LogP contribution is 2.23. The smallest absolute Gasteiger partial charge is 0.164 e. The average molecular weight is 267 g/mol. The summed E-state index contributed by atoms with van der Waals surface area (Å²) in [5.41, 5.74) is 0.524. The maximum absolute atomic E-state index is 13.6. The summed E-state index contributed by atoms with van der Waals surface area (Å²) < 4.78 is 39.5. The zero-order valence-corrected chi connectivity index (χ0v) is 9.91. The molecule has 0 heterocycles. The molecule has 0 aliphatic rings. The molecular formula is C14H12F3NO. The minimum absolute atomic E-state index is 0.0202. The summed E-state index contributed by atoms with van der Waals surface area (Å²) >= 11 is 0. The molecule has 0 saturated carbocycles. The van der Waals surface area contributed by atoms with E-state index in [-0.39, 0.29) is 5.56 Å². The lowest BCUT2D eigenvalue weighted by atomic mass is 10.1. The third kappa shape index (κ3) is 3.06. The zero-order chi connectivity index (χ0) is 13.8. The van der Waals surface area contributed by atoms with Crippen molar-refractivity contribution in [3.63, 3.8) is 0 Å². The van der Waals surface area contributed by atoms with Gasteiger partial charge in [0.1, 0.15) is 5.82 Å². The molecule has 0 saturated heterocycles. The first-order chi connectivity index (χ1) is 9.11. The second kappa shape index (κ2) is 5.75. The van der Waals surface area contributed by atoms with Crippen LogP contribution in [0.15, 0.2) is 42.5 Å². The summed E-state index contributed by atoms with van der Waals surface area (Å²) in [5, 5.41) is 12.1. The van der Waals surface area contributed by atoms with Gasteiger partial charge in [-0.15, -0.1) is 0 Å². The van der Waals surface area contributed by atoms with Crippen molar-refractivity contribution in [3.05, 3.63) is 65.5 Å². The summed E-state index contributed by atoms with van der Waals surface area (Å²) in [6.45, 7) is -0.419. The van der Waals surface area contributed by atoms with E-state index in [4.69, 9.17) is 0 Å². The largest absolute Gasteiger partial charge is 0.394 e. The van der Waals surface area contributed by atoms with Crippen molar-refractivity contribution in [2.24, 2.45) is 0 Å². The first kappa shape index (κ1) is 13.4. The molecule has 2 N–H and O–H groups in total. The van der Waals surface area contributed by atoms with E-state index >= 15 is 0 Å². The van der Waals surface area contributed by atoms with Crippen LogP contribution in [0.25, 0.3) is 0 Å². The number of benzene rings is 2. The second-order valence-electron chi connectivity index (χ2n) is 4.03. The Balaban J connectivity index is 2.25. The predicted molar refractivity (Wildman–Crippen MR) is 66.2 cm³/mol. The summed E-state index contributed by atoms with van der Waals surface area (Å²) in [4.78, 5) is 0. The maximum Gasteiger partial charge on any atom is 0.164 e. The van der Waals surface area contributed by atoms with Crippen molar-refractivity contribution >= 4 is 5.69 Å². The van der Waals surface area contributed by atoms with Crippen molar-refractivity contribution in [2.45, 2.75) is 6.04 Å². The number of anilines is 1. The molecule has 0 radical (unpaired) electrons. The molecule has 2 rings (SSSR count). The Hall–Kier alpha value is -2.01. The van der Waals surface area contributed by atoms with E-state index in [0.29, 0.717) is 5.69 Å². The first-order valence-electron chi connectivity index (χ1n) is 5.68. The van der Waals surface area contributed by atoms with E-state index in [9.17, 15) is 18.3 Å². The van der Waals surface area contributed by atoms with E-state index in [1.54, 1.807) is 0 Å². The third-order valence-electron chi connectivity index (χ3n) is 2.72. The number of aliphatic hydroxyl groups is 1. The Labute approximate surface area is 108 Å². The predicted octanol–water partition coefficient (Wildman–Crippen LogP) is 3.25. The molecule has 2 aromatic rings. The van der Waals surface area contributed by atoms with Crippen LogP contribution in [0.5, 0.6) is 0 Å². The number of halogens is 3. The number of aliphatic hydroxyl groups excluding tert-OH is 1. The quantitative estimate of drug-likeness (QED) is 0.891. The van der Waals surface area contributed by atoms with Gasteiger partial charge in [0.2, 0.25) is 0 Å². The molecule has 1 atom stereocenters. The summed E-state index contributed by atoms with van der Waals surface area (Å²) in [7, 11) is 0. The van der Waals surface area contributed by atoms with E-state index in [1.165, 1.54) is 36.4 Å². The fourth-order valence-electron chi connectivity index (χ4n) is 1.76. The normalized spacial score (nSPS) is 12.2. The molecule has 0 fully saturated rings. The molecule has 19 heavy (non-hydrogen) atoms. The van der Waals surface area contributed by atoms with Crippen molar-refractivity contribution in [2.75, 3.05) is 11.9 Å². The summed E-state index contributed by atoms with van der Waals surface area (Å²) in [6.07, 6.45) is 0. The van der Waals surface area contributed by atoms with Crippen LogP contribution in [0.2, 0.25) is 0 Å². The molecule has 5 heteroatoms. The van der Waals surface area contributed by atoms with E-state index < -0.39 is 30.1 Å². The Morgan fingerprint density at radius 3 is 2.32 bits per heavy atom. The molecule has 1 unspecified atom stereocenters. The van der Waals surface area contributed by atoms with Crippen LogP contribution in [-0.4, -0.2) is 11.7 Å². The van der Waals surface area contributed by atoms with Crippen LogP contribution in [0, 0.1) is 17.5 Å². The highest BCUT2D eigenvalue weighted by Gasteiger charge is 2.17. The van der Waals surface area contributed by atoms with Crippen LogP contribution in [0.4, 0.5) is 18.9 Å². The van der Waals surface area contributed by atoms with Gasteiger partial charge in [0, 0.05) is 11.3 Å². The molecule has 0 amide bonds. The fraction of sp³-hybridized carbons (Fsp3) is 0.143. The molecule has 2 nitrogen and oxygen atoms in total. The summed E-state index contributed by atoms with van der Waals surface area (Å²) in [6, 6.07) is 8.33. The Kier molecular flexibility index (Phi) is 4.06. The summed E-state index contributed by atoms with van der Waals surface area (Å²) in [5.74, 6) is -2.38. The van der Waals surface area contributed by atoms with Gasteiger partial charge in [-0.2, -0.15) is 0 Å². The van der Waals surface area contributed by atoms with Gasteiger partial charge >= 0.3 is 0 Å². The van der Waals surface area contributed by atoms with Gasteiger partial charge in [-0.25, -0.2) is 13.2 Å². The molecule has 0 aromatic heterocycles. The van der Waals surface area contributed by atoms with Gasteiger partial charge in [-0.05, 0) is 30.3 Å². The van der Waals surface area contributed by atoms with E-state index in [0.717, 1.165) is 6.07 Å². The molecule has 0 aliphatic heterocycles. The number of hydrogen-bond acceptors (Lipinski definition) is 2. The van der Waals surface area contributed by atoms with Gasteiger partial charge < -0.3 is 10.4 Å². The molecular weight excluding hydrogens is 255 g/mol. The number of rotatable bonds is 4. The Morgan fingerprint density at radius 2 is 1.68 bits per heavy atom. The van der Waals surface area contributed by atoms with Crippen molar-refractivity contribution in [1.82, 2.24) is 0 Å². The average Bonchev–Trinajstić information content (AvgIpc) is 2.42. The van der Waals surface area contributed by atoms with Gasteiger partial charge in [0.15, 0.2) is 11.6 Å². The van der Waals surface area contributed by atoms with Gasteiger partial charge in [0.25, 0.3) is 0 Å². The van der Waals surface area contributed by atoms with Gasteiger partial charge in [0.05, 0.1) is 12.6 Å². The van der Waals surface area contributed by atoms with Crippen molar-refractivity contribution in [3.8, 4) is 0 Å². The highest BCUT2D eigenvalue weighted by atomic mass is 19.2. The second-order valence-corrected chi connectivity index (χ2v) is 4.03. The van der Waals surface area contributed by atoms with Crippen molar-refractivity contribution in [1.29, 1.82) is 0 Å². The number of hydrogen-bond donors (Lipinski definition) is 2. The molecule has 0 spiro atoms. The standard InChI is InChI=1S/C14H12F3NO/c15-9-4-6-10(7-5-9)18-13(8-19)11-2-1-3-12(16)14(11)17/h1-7,13,18-19H,8H2. The molecule has 100 valence electrons. The van der Waals surface area contributed by atoms with Crippen LogP contribution >= 0.6 is 0 Å². The molecule has 0 aliphatic carbocycles. The van der Waals surface area contributed by atoms with Crippen LogP contribution in [0.3, 0.4) is 0 Å². The van der Waals surface area contributed by atoms with Crippen LogP contribution in [0.1, 0.15) is 11.6 Å². The Bertz CT molecular complexity index is 557. The fourth-order valence-corrected chi connectivity index (χ4v) is 1.76. The van der Waals surface area contributed by atoms with E-state index in [1.807, 2.05) is 0 Å². The SMILES string of the molecule is OCC(Nc1ccc(F)cc1)c1cccc(F)c1F. The monoisotopic (exact) mass is 267 g/mol. The van der Waals surface area contributed by atoms with Crippen LogP contribution in [-0.2, 0) is 0 Å².